The van der Waals surface area contributed by atoms with Crippen LogP contribution < -0.4 is 2.89 Å². The summed E-state index contributed by atoms with van der Waals surface area (Å²) in [5.74, 6) is 1.75. The van der Waals surface area contributed by atoms with Crippen molar-refractivity contribution >= 4 is 32.6 Å². The molecule has 0 aromatic carbocycles. The van der Waals surface area contributed by atoms with Crippen molar-refractivity contribution in [3.63, 3.8) is 0 Å². The van der Waals surface area contributed by atoms with Gasteiger partial charge >= 0.3 is 187 Å². The summed E-state index contributed by atoms with van der Waals surface area (Å²) in [4.78, 5) is 0. The second-order valence-corrected chi connectivity index (χ2v) is 25.0. The molecule has 0 aliphatic heterocycles. The number of aryl methyl sites for hydroxylation is 1. The summed E-state index contributed by atoms with van der Waals surface area (Å²) in [5, 5.41) is 2.55. The Morgan fingerprint density at radius 3 is 1.86 bits per heavy atom. The normalized spacial score (nSPS) is 13.4. The van der Waals surface area contributed by atoms with Gasteiger partial charge < -0.3 is 0 Å². The maximum atomic E-state index is 2.71. The van der Waals surface area contributed by atoms with Crippen molar-refractivity contribution in [2.45, 2.75) is 125 Å². The SMILES string of the molecule is CCC[CH2][Sn]([CH2]CCC)([CH2]CCC)[c]1cc(CCC(C)CCCC(C)C)cs1. The first-order valence-corrected chi connectivity index (χ1v) is 20.9. The molecule has 0 aliphatic carbocycles. The quantitative estimate of drug-likeness (QED) is 0.182. The summed E-state index contributed by atoms with van der Waals surface area (Å²) in [6.45, 7) is 14.3. The molecule has 0 saturated heterocycles. The average Bonchev–Trinajstić information content (AvgIpc) is 3.15. The third-order valence-electron chi connectivity index (χ3n) is 6.61. The summed E-state index contributed by atoms with van der Waals surface area (Å²) >= 11 is -0.00699. The molecule has 0 amide bonds. The molecule has 2 heteroatoms. The predicted molar refractivity (Wildman–Crippen MR) is 135 cm³/mol. The topological polar surface area (TPSA) is 0 Å². The van der Waals surface area contributed by atoms with Crippen LogP contribution in [-0.4, -0.2) is 18.4 Å². The molecule has 1 heterocycles. The van der Waals surface area contributed by atoms with Crippen molar-refractivity contribution in [1.29, 1.82) is 0 Å². The molecule has 0 N–H and O–H groups in total. The molecule has 1 unspecified atom stereocenters. The zero-order valence-electron chi connectivity index (χ0n) is 20.1. The second kappa shape index (κ2) is 15.3. The number of unbranched alkanes of at least 4 members (excludes halogenated alkanes) is 3. The van der Waals surface area contributed by atoms with Crippen molar-refractivity contribution in [3.05, 3.63) is 17.0 Å². The molecular weight excluding hydrogens is 463 g/mol. The molecule has 0 radical (unpaired) electrons. The van der Waals surface area contributed by atoms with Crippen LogP contribution in [0.25, 0.3) is 0 Å². The van der Waals surface area contributed by atoms with E-state index < -0.39 is 18.4 Å². The fourth-order valence-corrected chi connectivity index (χ4v) is 24.6. The second-order valence-electron chi connectivity index (χ2n) is 9.88. The first-order valence-electron chi connectivity index (χ1n) is 12.5. The van der Waals surface area contributed by atoms with Crippen LogP contribution in [-0.2, 0) is 6.42 Å². The van der Waals surface area contributed by atoms with Crippen LogP contribution in [0.4, 0.5) is 0 Å². The van der Waals surface area contributed by atoms with E-state index in [2.05, 4.69) is 64.3 Å². The Labute approximate surface area is 186 Å². The van der Waals surface area contributed by atoms with Gasteiger partial charge in [-0.25, -0.2) is 0 Å². The van der Waals surface area contributed by atoms with Crippen molar-refractivity contribution < 1.29 is 0 Å². The van der Waals surface area contributed by atoms with Gasteiger partial charge in [-0.1, -0.05) is 0 Å². The Morgan fingerprint density at radius 1 is 0.786 bits per heavy atom. The molecule has 0 spiro atoms. The van der Waals surface area contributed by atoms with Crippen LogP contribution in [0.2, 0.25) is 13.3 Å². The number of hydrogen-bond acceptors (Lipinski definition) is 1. The van der Waals surface area contributed by atoms with Gasteiger partial charge in [0.25, 0.3) is 0 Å². The van der Waals surface area contributed by atoms with Gasteiger partial charge in [0, 0.05) is 0 Å². The van der Waals surface area contributed by atoms with E-state index in [1.165, 1.54) is 70.6 Å². The van der Waals surface area contributed by atoms with E-state index in [0.29, 0.717) is 0 Å². The summed E-state index contributed by atoms with van der Waals surface area (Å²) in [7, 11) is 0. The minimum absolute atomic E-state index is 0.863. The Bertz CT molecular complexity index is 469. The molecule has 1 rings (SSSR count). The van der Waals surface area contributed by atoms with Crippen molar-refractivity contribution in [3.8, 4) is 0 Å². The number of thiophene rings is 1. The third kappa shape index (κ3) is 10.0. The van der Waals surface area contributed by atoms with Gasteiger partial charge in [-0.2, -0.15) is 0 Å². The molecule has 1 aromatic rings. The average molecular weight is 513 g/mol. The van der Waals surface area contributed by atoms with Gasteiger partial charge in [0.05, 0.1) is 0 Å². The molecule has 1 aromatic heterocycles. The van der Waals surface area contributed by atoms with Gasteiger partial charge in [-0.15, -0.1) is 0 Å². The van der Waals surface area contributed by atoms with Crippen LogP contribution >= 0.6 is 11.3 Å². The van der Waals surface area contributed by atoms with E-state index in [1.54, 1.807) is 18.9 Å². The molecule has 0 bridgehead atoms. The number of hydrogen-bond donors (Lipinski definition) is 0. The molecule has 0 aliphatic rings. The Kier molecular flexibility index (Phi) is 14.5. The third-order valence-corrected chi connectivity index (χ3v) is 25.9. The predicted octanol–water partition coefficient (Wildman–Crippen LogP) is 9.20. The molecule has 164 valence electrons. The van der Waals surface area contributed by atoms with Crippen molar-refractivity contribution in [1.82, 2.24) is 0 Å². The first-order chi connectivity index (χ1) is 13.5. The monoisotopic (exact) mass is 514 g/mol. The minimum atomic E-state index is -2.18. The summed E-state index contributed by atoms with van der Waals surface area (Å²) in [6, 6.07) is 2.71. The molecule has 0 saturated carbocycles. The maximum absolute atomic E-state index is 2.71. The first kappa shape index (κ1) is 26.5. The summed E-state index contributed by atoms with van der Waals surface area (Å²) in [6.07, 6.45) is 15.5. The van der Waals surface area contributed by atoms with Crippen LogP contribution in [0.15, 0.2) is 11.4 Å². The Hall–Kier alpha value is 0.499. The summed E-state index contributed by atoms with van der Waals surface area (Å²) < 4.78 is 6.75. The van der Waals surface area contributed by atoms with Crippen molar-refractivity contribution in [2.24, 2.45) is 11.8 Å². The van der Waals surface area contributed by atoms with E-state index in [1.807, 2.05) is 2.89 Å². The van der Waals surface area contributed by atoms with E-state index in [-0.39, 0.29) is 0 Å². The van der Waals surface area contributed by atoms with Gasteiger partial charge in [0.1, 0.15) is 0 Å². The molecular formula is C26H50SSn. The van der Waals surface area contributed by atoms with Gasteiger partial charge in [0.2, 0.25) is 0 Å². The van der Waals surface area contributed by atoms with Crippen LogP contribution in [0.1, 0.15) is 111 Å². The van der Waals surface area contributed by atoms with E-state index in [4.69, 9.17) is 0 Å². The standard InChI is InChI=1S/C14H23S.3C4H9.Sn/c1-12(2)5-4-6-13(3)7-8-14-9-10-15-11-14;3*1-3-4-2;/h9,11-13H,4-8H2,1-3H3;3*1,3-4H2,2H3;. The number of rotatable bonds is 17. The zero-order chi connectivity index (χ0) is 20.8. The van der Waals surface area contributed by atoms with Gasteiger partial charge in [-0.3, -0.25) is 0 Å². The van der Waals surface area contributed by atoms with Crippen LogP contribution in [0.3, 0.4) is 0 Å². The summed E-state index contributed by atoms with van der Waals surface area (Å²) in [5.41, 5.74) is 1.67. The zero-order valence-corrected chi connectivity index (χ0v) is 23.8. The van der Waals surface area contributed by atoms with E-state index >= 15 is 0 Å². The van der Waals surface area contributed by atoms with Crippen molar-refractivity contribution in [2.75, 3.05) is 0 Å². The van der Waals surface area contributed by atoms with Gasteiger partial charge in [0.15, 0.2) is 0 Å². The molecule has 0 fully saturated rings. The fourth-order valence-electron chi connectivity index (χ4n) is 4.51. The van der Waals surface area contributed by atoms with Crippen LogP contribution in [0, 0.1) is 11.8 Å². The molecule has 28 heavy (non-hydrogen) atoms. The Morgan fingerprint density at radius 2 is 1.36 bits per heavy atom. The molecule has 1 atom stereocenters. The Balaban J connectivity index is 2.74. The molecule has 0 nitrogen and oxygen atoms in total. The fraction of sp³-hybridized carbons (Fsp3) is 0.846. The van der Waals surface area contributed by atoms with E-state index in [0.717, 1.165) is 11.8 Å². The van der Waals surface area contributed by atoms with Crippen LogP contribution in [0.5, 0.6) is 0 Å². The van der Waals surface area contributed by atoms with E-state index in [9.17, 15) is 0 Å². The van der Waals surface area contributed by atoms with Gasteiger partial charge in [-0.05, 0) is 0 Å².